The van der Waals surface area contributed by atoms with Crippen molar-refractivity contribution in [3.05, 3.63) is 0 Å². The van der Waals surface area contributed by atoms with Crippen molar-refractivity contribution in [1.29, 1.82) is 0 Å². The van der Waals surface area contributed by atoms with Crippen molar-refractivity contribution >= 4 is 30.6 Å². The zero-order valence-corrected chi connectivity index (χ0v) is 5.58. The van der Waals surface area contributed by atoms with Gasteiger partial charge in [-0.1, -0.05) is 0 Å². The van der Waals surface area contributed by atoms with Crippen molar-refractivity contribution in [1.82, 2.24) is 0 Å². The molecule has 0 radical (unpaired) electrons. The molecule has 1 atom stereocenters. The van der Waals surface area contributed by atoms with E-state index in [-0.39, 0.29) is 0 Å². The van der Waals surface area contributed by atoms with E-state index in [0.717, 1.165) is 11.5 Å². The number of hydrogen-bond acceptors (Lipinski definition) is 3. The summed E-state index contributed by atoms with van der Waals surface area (Å²) in [6.45, 7) is 0. The molecule has 0 amide bonds. The number of thioether (sulfide) groups is 1. The largest absolute Gasteiger partial charge is 0.282 e. The number of rotatable bonds is 1. The molecule has 0 aromatic rings. The predicted octanol–water partition coefficient (Wildman–Crippen LogP) is 1.06. The van der Waals surface area contributed by atoms with Gasteiger partial charge in [0.1, 0.15) is 5.37 Å². The molecule has 0 saturated heterocycles. The molecule has 1 unspecified atom stereocenters. The van der Waals surface area contributed by atoms with Crippen LogP contribution in [0.1, 0.15) is 0 Å². The maximum absolute atomic E-state index is 4.12. The summed E-state index contributed by atoms with van der Waals surface area (Å²) in [4.78, 5) is 4.12. The number of hydrogen-bond donors (Lipinski definition) is 1. The quantitative estimate of drug-likeness (QED) is 0.527. The molecule has 0 N–H and O–H groups in total. The SMILES string of the molecule is SCC1N=CCS1. The highest BCUT2D eigenvalue weighted by Crippen LogP contribution is 2.16. The molecular weight excluding hydrogens is 126 g/mol. The third-order valence-electron chi connectivity index (χ3n) is 0.791. The van der Waals surface area contributed by atoms with Crippen LogP contribution in [0, 0.1) is 0 Å². The Balaban J connectivity index is 2.28. The molecule has 1 rings (SSSR count). The topological polar surface area (TPSA) is 12.4 Å². The summed E-state index contributed by atoms with van der Waals surface area (Å²) in [6, 6.07) is 0. The van der Waals surface area contributed by atoms with E-state index in [4.69, 9.17) is 0 Å². The van der Waals surface area contributed by atoms with Crippen LogP contribution in [0.2, 0.25) is 0 Å². The van der Waals surface area contributed by atoms with Gasteiger partial charge in [-0.25, -0.2) is 0 Å². The summed E-state index contributed by atoms with van der Waals surface area (Å²) in [5.41, 5.74) is 0. The van der Waals surface area contributed by atoms with Gasteiger partial charge in [0.25, 0.3) is 0 Å². The van der Waals surface area contributed by atoms with Gasteiger partial charge in [0.05, 0.1) is 0 Å². The maximum Gasteiger partial charge on any atom is 0.104 e. The van der Waals surface area contributed by atoms with Crippen LogP contribution in [-0.2, 0) is 0 Å². The Labute approximate surface area is 53.0 Å². The Morgan fingerprint density at radius 2 is 2.86 bits per heavy atom. The van der Waals surface area contributed by atoms with Gasteiger partial charge < -0.3 is 0 Å². The molecular formula is C4H7NS2. The smallest absolute Gasteiger partial charge is 0.104 e. The first-order chi connectivity index (χ1) is 3.43. The molecule has 0 spiro atoms. The van der Waals surface area contributed by atoms with Crippen LogP contribution in [0.25, 0.3) is 0 Å². The van der Waals surface area contributed by atoms with E-state index in [1.54, 1.807) is 0 Å². The predicted molar refractivity (Wildman–Crippen MR) is 38.6 cm³/mol. The highest BCUT2D eigenvalue weighted by atomic mass is 32.2. The van der Waals surface area contributed by atoms with E-state index in [1.165, 1.54) is 0 Å². The van der Waals surface area contributed by atoms with Crippen molar-refractivity contribution in [3.8, 4) is 0 Å². The van der Waals surface area contributed by atoms with Crippen molar-refractivity contribution in [2.45, 2.75) is 5.37 Å². The van der Waals surface area contributed by atoms with Crippen molar-refractivity contribution < 1.29 is 0 Å². The first kappa shape index (κ1) is 5.51. The minimum atomic E-state index is 0.448. The third kappa shape index (κ3) is 1.39. The van der Waals surface area contributed by atoms with Crippen molar-refractivity contribution in [2.75, 3.05) is 11.5 Å². The molecule has 3 heteroatoms. The highest BCUT2D eigenvalue weighted by molar-refractivity contribution is 8.01. The van der Waals surface area contributed by atoms with Crippen molar-refractivity contribution in [3.63, 3.8) is 0 Å². The Morgan fingerprint density at radius 3 is 3.14 bits per heavy atom. The molecule has 0 aromatic heterocycles. The van der Waals surface area contributed by atoms with Gasteiger partial charge in [0.2, 0.25) is 0 Å². The van der Waals surface area contributed by atoms with Gasteiger partial charge >= 0.3 is 0 Å². The molecule has 0 fully saturated rings. The summed E-state index contributed by atoms with van der Waals surface area (Å²) in [6.07, 6.45) is 1.95. The van der Waals surface area contributed by atoms with E-state index >= 15 is 0 Å². The maximum atomic E-state index is 4.12. The van der Waals surface area contributed by atoms with Gasteiger partial charge in [0, 0.05) is 17.7 Å². The van der Waals surface area contributed by atoms with Crippen molar-refractivity contribution in [2.24, 2.45) is 4.99 Å². The average molecular weight is 133 g/mol. The minimum Gasteiger partial charge on any atom is -0.282 e. The molecule has 7 heavy (non-hydrogen) atoms. The van der Waals surface area contributed by atoms with E-state index in [1.807, 2.05) is 18.0 Å². The van der Waals surface area contributed by atoms with E-state index in [0.29, 0.717) is 5.37 Å². The monoisotopic (exact) mass is 133 g/mol. The molecule has 1 aliphatic heterocycles. The second kappa shape index (κ2) is 2.62. The Bertz CT molecular complexity index is 81.8. The summed E-state index contributed by atoms with van der Waals surface area (Å²) in [5.74, 6) is 1.95. The number of aliphatic imine (C=N–C) groups is 1. The van der Waals surface area contributed by atoms with Gasteiger partial charge in [-0.05, 0) is 0 Å². The molecule has 1 nitrogen and oxygen atoms in total. The molecule has 40 valence electrons. The van der Waals surface area contributed by atoms with E-state index in [2.05, 4.69) is 17.6 Å². The van der Waals surface area contributed by atoms with Gasteiger partial charge in [-0.2, -0.15) is 12.6 Å². The molecule has 0 bridgehead atoms. The fourth-order valence-electron chi connectivity index (χ4n) is 0.458. The third-order valence-corrected chi connectivity index (χ3v) is 2.40. The van der Waals surface area contributed by atoms with Crippen LogP contribution < -0.4 is 0 Å². The lowest BCUT2D eigenvalue weighted by Gasteiger charge is -1.96. The van der Waals surface area contributed by atoms with E-state index < -0.39 is 0 Å². The van der Waals surface area contributed by atoms with Crippen LogP contribution in [0.15, 0.2) is 4.99 Å². The Kier molecular flexibility index (Phi) is 2.06. The average Bonchev–Trinajstić information content (AvgIpc) is 2.14. The van der Waals surface area contributed by atoms with E-state index in [9.17, 15) is 0 Å². The molecule has 0 aromatic carbocycles. The standard InChI is InChI=1S/C4H7NS2/c6-3-4-5-1-2-7-4/h1,4,6H,2-3H2. The fourth-order valence-corrected chi connectivity index (χ4v) is 1.54. The van der Waals surface area contributed by atoms with Gasteiger partial charge in [0.15, 0.2) is 0 Å². The van der Waals surface area contributed by atoms with Crippen LogP contribution >= 0.6 is 24.4 Å². The fraction of sp³-hybridized carbons (Fsp3) is 0.750. The second-order valence-corrected chi connectivity index (χ2v) is 2.88. The number of nitrogens with zero attached hydrogens (tertiary/aromatic N) is 1. The molecule has 0 saturated carbocycles. The zero-order chi connectivity index (χ0) is 5.11. The number of thiol groups is 1. The Morgan fingerprint density at radius 1 is 2.00 bits per heavy atom. The van der Waals surface area contributed by atoms with Crippen LogP contribution in [0.3, 0.4) is 0 Å². The lowest BCUT2D eigenvalue weighted by molar-refractivity contribution is 1.09. The highest BCUT2D eigenvalue weighted by Gasteiger charge is 2.06. The second-order valence-electron chi connectivity index (χ2n) is 1.30. The summed E-state index contributed by atoms with van der Waals surface area (Å²) in [7, 11) is 0. The van der Waals surface area contributed by atoms with Crippen LogP contribution in [0.4, 0.5) is 0 Å². The molecule has 1 aliphatic rings. The molecule has 1 heterocycles. The summed E-state index contributed by atoms with van der Waals surface area (Å²) in [5, 5.41) is 0.448. The van der Waals surface area contributed by atoms with Crippen LogP contribution in [0.5, 0.6) is 0 Å². The van der Waals surface area contributed by atoms with Crippen LogP contribution in [-0.4, -0.2) is 23.1 Å². The van der Waals surface area contributed by atoms with Gasteiger partial charge in [-0.3, -0.25) is 4.99 Å². The summed E-state index contributed by atoms with van der Waals surface area (Å²) < 4.78 is 0. The lowest BCUT2D eigenvalue weighted by Crippen LogP contribution is -1.93. The first-order valence-corrected chi connectivity index (χ1v) is 3.85. The Hall–Kier alpha value is 0.370. The molecule has 0 aliphatic carbocycles. The first-order valence-electron chi connectivity index (χ1n) is 2.17. The van der Waals surface area contributed by atoms with Gasteiger partial charge in [-0.15, -0.1) is 11.8 Å². The summed E-state index contributed by atoms with van der Waals surface area (Å²) >= 11 is 5.92. The normalized spacial score (nSPS) is 29.0. The minimum absolute atomic E-state index is 0.448. The lowest BCUT2D eigenvalue weighted by atomic mass is 10.7. The zero-order valence-electron chi connectivity index (χ0n) is 3.87.